The number of halogens is 8. The first-order valence-corrected chi connectivity index (χ1v) is 18.2. The Bertz CT molecular complexity index is 2110. The van der Waals surface area contributed by atoms with Crippen LogP contribution in [0, 0.1) is 0 Å². The number of anilines is 4. The summed E-state index contributed by atoms with van der Waals surface area (Å²) in [5.41, 5.74) is -18.0. The third-order valence-electron chi connectivity index (χ3n) is 6.56. The third kappa shape index (κ3) is 8.29. The van der Waals surface area contributed by atoms with Gasteiger partial charge in [0.25, 0.3) is 11.8 Å². The summed E-state index contributed by atoms with van der Waals surface area (Å²) in [5, 5.41) is 4.43. The molecule has 12 nitrogen and oxygen atoms in total. The van der Waals surface area contributed by atoms with Gasteiger partial charge in [0.2, 0.25) is 0 Å². The molecule has 274 valence electrons. The average Bonchev–Trinajstić information content (AvgIpc) is 3.06. The van der Waals surface area contributed by atoms with Gasteiger partial charge in [0.1, 0.15) is 0 Å². The van der Waals surface area contributed by atoms with Crippen molar-refractivity contribution in [2.45, 2.75) is 11.0 Å². The van der Waals surface area contributed by atoms with Gasteiger partial charge in [0, 0.05) is 20.3 Å². The zero-order chi connectivity index (χ0) is 38.8. The quantitative estimate of drug-likeness (QED) is 0.144. The summed E-state index contributed by atoms with van der Waals surface area (Å²) in [6.45, 7) is 0. The number of amides is 4. The minimum atomic E-state index is -7.15. The van der Waals surface area contributed by atoms with Gasteiger partial charge in [-0.25, -0.2) is 0 Å². The molecular formula is C30H18Br2F6N4O8S2. The molecule has 0 fully saturated rings. The number of sulfonamides is 2. The van der Waals surface area contributed by atoms with Crippen molar-refractivity contribution in [2.75, 3.05) is 19.2 Å². The van der Waals surface area contributed by atoms with Gasteiger partial charge in [-0.3, -0.25) is 19.2 Å². The lowest BCUT2D eigenvalue weighted by Gasteiger charge is -2.29. The number of nitrogens with one attached hydrogen (secondary N) is 2. The fourth-order valence-corrected chi connectivity index (χ4v) is 6.60. The highest BCUT2D eigenvalue weighted by atomic mass is 79.9. The summed E-state index contributed by atoms with van der Waals surface area (Å²) in [6, 6.07) is 16.8. The number of benzene rings is 4. The van der Waals surface area contributed by atoms with Crippen molar-refractivity contribution in [3.63, 3.8) is 0 Å². The van der Waals surface area contributed by atoms with Gasteiger partial charge in [-0.1, -0.05) is 56.1 Å². The van der Waals surface area contributed by atoms with E-state index >= 15 is 0 Å². The zero-order valence-electron chi connectivity index (χ0n) is 25.2. The number of hydrogen-bond acceptors (Lipinski definition) is 8. The van der Waals surface area contributed by atoms with Crippen LogP contribution in [0.4, 0.5) is 49.1 Å². The van der Waals surface area contributed by atoms with E-state index < -0.39 is 85.8 Å². The maximum Gasteiger partial charge on any atom is 0.517 e. The molecule has 0 atom stereocenters. The van der Waals surface area contributed by atoms with Crippen LogP contribution in [-0.4, -0.2) is 51.5 Å². The van der Waals surface area contributed by atoms with E-state index in [-0.39, 0.29) is 11.4 Å². The van der Waals surface area contributed by atoms with Crippen molar-refractivity contribution in [1.29, 1.82) is 0 Å². The normalized spacial score (nSPS) is 12.1. The standard InChI is InChI=1S/C30H18Br2F6N4O8S2/c31-17-9-13-19(14-10-17)39-25(43)21-5-1-3-7-23(21)41(51(47,48)29(33,34)35)27(45)28(46)42(52(49,50)30(36,37)38)24-8-4-2-6-22(24)26(44)40-20-15-11-18(32)12-16-20/h1-16H,(H,39,43)(H,40,44). The maximum absolute atomic E-state index is 14.1. The van der Waals surface area contributed by atoms with E-state index in [2.05, 4.69) is 42.5 Å². The molecule has 0 bridgehead atoms. The predicted octanol–water partition coefficient (Wildman–Crippen LogP) is 6.78. The molecule has 4 amide bonds. The molecule has 0 saturated heterocycles. The summed E-state index contributed by atoms with van der Waals surface area (Å²) in [7, 11) is -14.3. The molecule has 0 radical (unpaired) electrons. The van der Waals surface area contributed by atoms with Crippen molar-refractivity contribution in [3.8, 4) is 0 Å². The second-order valence-corrected chi connectivity index (χ2v) is 15.4. The molecular weight excluding hydrogens is 882 g/mol. The van der Waals surface area contributed by atoms with Crippen molar-refractivity contribution >= 4 is 98.3 Å². The van der Waals surface area contributed by atoms with Crippen LogP contribution in [0.2, 0.25) is 0 Å². The van der Waals surface area contributed by atoms with Crippen LogP contribution in [0.1, 0.15) is 20.7 Å². The second-order valence-electron chi connectivity index (χ2n) is 10.00. The first-order chi connectivity index (χ1) is 24.1. The van der Waals surface area contributed by atoms with E-state index in [0.717, 1.165) is 24.3 Å². The minimum Gasteiger partial charge on any atom is -0.322 e. The Morgan fingerprint density at radius 2 is 0.788 bits per heavy atom. The van der Waals surface area contributed by atoms with E-state index in [0.29, 0.717) is 33.2 Å². The van der Waals surface area contributed by atoms with E-state index in [1.54, 1.807) is 0 Å². The zero-order valence-corrected chi connectivity index (χ0v) is 30.0. The summed E-state index contributed by atoms with van der Waals surface area (Å²) < 4.78 is 135. The number of rotatable bonds is 8. The molecule has 0 aliphatic heterocycles. The van der Waals surface area contributed by atoms with Crippen molar-refractivity contribution in [3.05, 3.63) is 117 Å². The Morgan fingerprint density at radius 3 is 1.08 bits per heavy atom. The van der Waals surface area contributed by atoms with E-state index in [1.165, 1.54) is 48.5 Å². The van der Waals surface area contributed by atoms with Crippen LogP contribution in [0.3, 0.4) is 0 Å². The molecule has 0 saturated carbocycles. The van der Waals surface area contributed by atoms with Gasteiger partial charge < -0.3 is 10.6 Å². The van der Waals surface area contributed by atoms with Gasteiger partial charge >= 0.3 is 42.9 Å². The summed E-state index contributed by atoms with van der Waals surface area (Å²) >= 11 is 6.28. The molecule has 0 aliphatic rings. The topological polar surface area (TPSA) is 167 Å². The molecule has 4 aromatic rings. The monoisotopic (exact) mass is 898 g/mol. The summed E-state index contributed by atoms with van der Waals surface area (Å²) in [5.74, 6) is -8.79. The molecule has 0 aliphatic carbocycles. The van der Waals surface area contributed by atoms with Crippen LogP contribution >= 0.6 is 31.9 Å². The highest BCUT2D eigenvalue weighted by molar-refractivity contribution is 9.10. The lowest BCUT2D eigenvalue weighted by molar-refractivity contribution is -0.135. The summed E-state index contributed by atoms with van der Waals surface area (Å²) in [4.78, 5) is 53.8. The predicted molar refractivity (Wildman–Crippen MR) is 182 cm³/mol. The third-order valence-corrected chi connectivity index (χ3v) is 10.5. The fraction of sp³-hybridized carbons (Fsp3) is 0.0667. The average molecular weight is 900 g/mol. The van der Waals surface area contributed by atoms with Crippen LogP contribution in [0.5, 0.6) is 0 Å². The van der Waals surface area contributed by atoms with Crippen LogP contribution < -0.4 is 19.2 Å². The number of nitrogens with zero attached hydrogens (tertiary/aromatic N) is 2. The summed E-state index contributed by atoms with van der Waals surface area (Å²) in [6.07, 6.45) is 0. The Hall–Kier alpha value is -4.80. The highest BCUT2D eigenvalue weighted by Crippen LogP contribution is 2.37. The molecule has 2 N–H and O–H groups in total. The molecule has 0 aromatic heterocycles. The smallest absolute Gasteiger partial charge is 0.322 e. The molecule has 0 unspecified atom stereocenters. The van der Waals surface area contributed by atoms with Crippen LogP contribution in [0.25, 0.3) is 0 Å². The van der Waals surface area contributed by atoms with Crippen molar-refractivity contribution in [1.82, 2.24) is 0 Å². The van der Waals surface area contributed by atoms with E-state index in [4.69, 9.17) is 0 Å². The fourth-order valence-electron chi connectivity index (χ4n) is 4.23. The lowest BCUT2D eigenvalue weighted by Crippen LogP contribution is -2.55. The van der Waals surface area contributed by atoms with Gasteiger partial charge in [-0.2, -0.15) is 51.8 Å². The Morgan fingerprint density at radius 1 is 0.500 bits per heavy atom. The number of carbonyl (C=O) groups excluding carboxylic acids is 4. The first kappa shape index (κ1) is 40.0. The van der Waals surface area contributed by atoms with Gasteiger partial charge in [-0.15, -0.1) is 0 Å². The molecule has 52 heavy (non-hydrogen) atoms. The van der Waals surface area contributed by atoms with Crippen molar-refractivity contribution < 1.29 is 62.4 Å². The molecule has 4 rings (SSSR count). The van der Waals surface area contributed by atoms with Gasteiger partial charge in [0.15, 0.2) is 0 Å². The number of carbonyl (C=O) groups is 4. The van der Waals surface area contributed by atoms with Gasteiger partial charge in [-0.05, 0) is 72.8 Å². The Balaban J connectivity index is 1.92. The van der Waals surface area contributed by atoms with E-state index in [1.807, 2.05) is 0 Å². The first-order valence-electron chi connectivity index (χ1n) is 13.7. The van der Waals surface area contributed by atoms with Crippen LogP contribution in [-0.2, 0) is 29.6 Å². The van der Waals surface area contributed by atoms with Crippen LogP contribution in [0.15, 0.2) is 106 Å². The van der Waals surface area contributed by atoms with E-state index in [9.17, 15) is 62.4 Å². The molecule has 22 heteroatoms. The minimum absolute atomic E-state index is 0.00361. The lowest BCUT2D eigenvalue weighted by atomic mass is 10.1. The molecule has 0 spiro atoms. The SMILES string of the molecule is O=C(Nc1ccc(Br)cc1)c1ccccc1N(C(=O)C(=O)N(c1ccccc1C(=O)Nc1ccc(Br)cc1)S(=O)(=O)C(F)(F)F)S(=O)(=O)C(F)(F)F. The highest BCUT2D eigenvalue weighted by Gasteiger charge is 2.58. The molecule has 0 heterocycles. The Kier molecular flexibility index (Phi) is 11.6. The van der Waals surface area contributed by atoms with Crippen molar-refractivity contribution in [2.24, 2.45) is 0 Å². The van der Waals surface area contributed by atoms with Gasteiger partial charge in [0.05, 0.1) is 22.5 Å². The number of hydrogen-bond donors (Lipinski definition) is 2. The number of para-hydroxylation sites is 2. The Labute approximate surface area is 306 Å². The largest absolute Gasteiger partial charge is 0.517 e. The maximum atomic E-state index is 14.1. The molecule has 4 aromatic carbocycles. The second kappa shape index (κ2) is 15.0. The number of alkyl halides is 6.